The number of benzene rings is 1. The van der Waals surface area contributed by atoms with Gasteiger partial charge in [0.05, 0.1) is 6.54 Å². The molecule has 30 heavy (non-hydrogen) atoms. The van der Waals surface area contributed by atoms with Crippen LogP contribution in [0.15, 0.2) is 24.3 Å². The SMILES string of the molecule is Cc1ccc(CN2C(=O)C3(CN(C(=O)OC(C)(C)C)C3)c3cc(Cl)nnc32)cc1C. The Labute approximate surface area is 181 Å². The number of likely N-dealkylation sites (tertiary alicyclic amines) is 1. The third-order valence-electron chi connectivity index (χ3n) is 5.66. The molecule has 1 aromatic carbocycles. The summed E-state index contributed by atoms with van der Waals surface area (Å²) in [6, 6.07) is 7.82. The van der Waals surface area contributed by atoms with Crippen molar-refractivity contribution in [3.05, 3.63) is 51.7 Å². The van der Waals surface area contributed by atoms with Crippen molar-refractivity contribution in [2.45, 2.75) is 52.2 Å². The minimum atomic E-state index is -0.856. The first kappa shape index (κ1) is 20.6. The van der Waals surface area contributed by atoms with E-state index in [1.807, 2.05) is 39.8 Å². The molecule has 0 radical (unpaired) electrons. The minimum Gasteiger partial charge on any atom is -0.444 e. The third-order valence-corrected chi connectivity index (χ3v) is 5.84. The number of halogens is 1. The van der Waals surface area contributed by atoms with Gasteiger partial charge in [0.15, 0.2) is 11.0 Å². The van der Waals surface area contributed by atoms with Crippen LogP contribution in [-0.4, -0.2) is 45.8 Å². The monoisotopic (exact) mass is 428 g/mol. The van der Waals surface area contributed by atoms with E-state index in [4.69, 9.17) is 16.3 Å². The van der Waals surface area contributed by atoms with Crippen LogP contribution in [0.5, 0.6) is 0 Å². The van der Waals surface area contributed by atoms with Crippen molar-refractivity contribution < 1.29 is 14.3 Å². The summed E-state index contributed by atoms with van der Waals surface area (Å²) in [5, 5.41) is 8.40. The summed E-state index contributed by atoms with van der Waals surface area (Å²) in [6.45, 7) is 10.4. The van der Waals surface area contributed by atoms with Crippen molar-refractivity contribution >= 4 is 29.4 Å². The predicted octanol–water partition coefficient (Wildman–Crippen LogP) is 3.78. The van der Waals surface area contributed by atoms with Crippen LogP contribution in [0.25, 0.3) is 0 Å². The highest BCUT2D eigenvalue weighted by Crippen LogP contribution is 2.47. The van der Waals surface area contributed by atoms with E-state index >= 15 is 0 Å². The Bertz CT molecular complexity index is 1040. The fraction of sp³-hybridized carbons (Fsp3) is 0.455. The molecule has 2 aliphatic heterocycles. The van der Waals surface area contributed by atoms with Crippen LogP contribution in [0.2, 0.25) is 5.15 Å². The second-order valence-corrected chi connectivity index (χ2v) is 9.52. The summed E-state index contributed by atoms with van der Waals surface area (Å²) in [7, 11) is 0. The molecule has 1 saturated heterocycles. The lowest BCUT2D eigenvalue weighted by Crippen LogP contribution is -2.65. The molecule has 2 aliphatic rings. The lowest BCUT2D eigenvalue weighted by Gasteiger charge is -2.46. The summed E-state index contributed by atoms with van der Waals surface area (Å²) in [5.74, 6) is 0.415. The second kappa shape index (κ2) is 6.94. The normalized spacial score (nSPS) is 17.2. The molecular weight excluding hydrogens is 404 g/mol. The van der Waals surface area contributed by atoms with Crippen LogP contribution in [0.3, 0.4) is 0 Å². The van der Waals surface area contributed by atoms with E-state index in [1.165, 1.54) is 5.56 Å². The van der Waals surface area contributed by atoms with Crippen molar-refractivity contribution in [3.63, 3.8) is 0 Å². The Kier molecular flexibility index (Phi) is 4.77. The van der Waals surface area contributed by atoms with E-state index in [2.05, 4.69) is 23.2 Å². The lowest BCUT2D eigenvalue weighted by molar-refractivity contribution is -0.129. The molecule has 8 heteroatoms. The largest absolute Gasteiger partial charge is 0.444 e. The van der Waals surface area contributed by atoms with Gasteiger partial charge < -0.3 is 9.64 Å². The summed E-state index contributed by atoms with van der Waals surface area (Å²) in [4.78, 5) is 29.1. The van der Waals surface area contributed by atoms with Gasteiger partial charge in [-0.15, -0.1) is 10.2 Å². The molecule has 1 spiro atoms. The van der Waals surface area contributed by atoms with E-state index in [0.29, 0.717) is 12.4 Å². The number of hydrogen-bond acceptors (Lipinski definition) is 5. The smallest absolute Gasteiger partial charge is 0.410 e. The van der Waals surface area contributed by atoms with Gasteiger partial charge in [0.1, 0.15) is 11.0 Å². The highest BCUT2D eigenvalue weighted by atomic mass is 35.5. The average molecular weight is 429 g/mol. The first-order valence-corrected chi connectivity index (χ1v) is 10.3. The Morgan fingerprint density at radius 2 is 1.87 bits per heavy atom. The Morgan fingerprint density at radius 3 is 2.50 bits per heavy atom. The van der Waals surface area contributed by atoms with E-state index in [1.54, 1.807) is 15.9 Å². The fourth-order valence-corrected chi connectivity index (χ4v) is 4.13. The fourth-order valence-electron chi connectivity index (χ4n) is 3.98. The zero-order valence-corrected chi connectivity index (χ0v) is 18.6. The molecular formula is C22H25ClN4O3. The lowest BCUT2D eigenvalue weighted by atomic mass is 9.75. The maximum atomic E-state index is 13.5. The second-order valence-electron chi connectivity index (χ2n) is 9.13. The van der Waals surface area contributed by atoms with Gasteiger partial charge in [-0.2, -0.15) is 0 Å². The number of anilines is 1. The Balaban J connectivity index is 1.63. The molecule has 0 N–H and O–H groups in total. The standard InChI is InChI=1S/C22H25ClN4O3/c1-13-6-7-15(8-14(13)2)10-27-18-16(9-17(23)24-25-18)22(19(27)28)11-26(12-22)20(29)30-21(3,4)5/h6-9H,10-12H2,1-5H3. The molecule has 2 aromatic rings. The van der Waals surface area contributed by atoms with E-state index in [-0.39, 0.29) is 24.1 Å². The number of aryl methyl sites for hydroxylation is 2. The van der Waals surface area contributed by atoms with Gasteiger partial charge in [0.25, 0.3) is 0 Å². The molecule has 2 amide bonds. The Morgan fingerprint density at radius 1 is 1.17 bits per heavy atom. The van der Waals surface area contributed by atoms with Crippen molar-refractivity contribution in [1.29, 1.82) is 0 Å². The van der Waals surface area contributed by atoms with Gasteiger partial charge in [-0.05, 0) is 57.4 Å². The summed E-state index contributed by atoms with van der Waals surface area (Å²) >= 11 is 6.10. The van der Waals surface area contributed by atoms with Crippen LogP contribution in [0, 0.1) is 13.8 Å². The van der Waals surface area contributed by atoms with Crippen molar-refractivity contribution in [1.82, 2.24) is 15.1 Å². The number of carbonyl (C=O) groups is 2. The number of aromatic nitrogens is 2. The first-order chi connectivity index (χ1) is 14.0. The number of nitrogens with zero attached hydrogens (tertiary/aromatic N) is 4. The molecule has 4 rings (SSSR count). The van der Waals surface area contributed by atoms with E-state index in [0.717, 1.165) is 16.7 Å². The molecule has 0 bridgehead atoms. The average Bonchev–Trinajstić information content (AvgIpc) is 2.83. The number of ether oxygens (including phenoxy) is 1. The Hall–Kier alpha value is -2.67. The zero-order valence-electron chi connectivity index (χ0n) is 17.8. The van der Waals surface area contributed by atoms with E-state index < -0.39 is 17.1 Å². The van der Waals surface area contributed by atoms with Gasteiger partial charge in [-0.1, -0.05) is 29.8 Å². The highest BCUT2D eigenvalue weighted by molar-refractivity contribution is 6.29. The zero-order chi connectivity index (χ0) is 21.8. The van der Waals surface area contributed by atoms with Gasteiger partial charge in [0.2, 0.25) is 5.91 Å². The van der Waals surface area contributed by atoms with Crippen LogP contribution in [0.1, 0.15) is 43.0 Å². The third kappa shape index (κ3) is 3.41. The topological polar surface area (TPSA) is 75.6 Å². The van der Waals surface area contributed by atoms with Gasteiger partial charge >= 0.3 is 6.09 Å². The molecule has 1 aromatic heterocycles. The number of hydrogen-bond donors (Lipinski definition) is 0. The maximum absolute atomic E-state index is 13.5. The van der Waals surface area contributed by atoms with Crippen molar-refractivity contribution in [2.75, 3.05) is 18.0 Å². The highest BCUT2D eigenvalue weighted by Gasteiger charge is 2.60. The van der Waals surface area contributed by atoms with Gasteiger partial charge in [-0.25, -0.2) is 4.79 Å². The number of amides is 2. The quantitative estimate of drug-likeness (QED) is 0.727. The number of rotatable bonds is 2. The summed E-state index contributed by atoms with van der Waals surface area (Å²) in [6.07, 6.45) is -0.428. The molecule has 1 fully saturated rings. The molecule has 0 atom stereocenters. The van der Waals surface area contributed by atoms with Crippen LogP contribution >= 0.6 is 11.6 Å². The van der Waals surface area contributed by atoms with Crippen LogP contribution in [0.4, 0.5) is 10.6 Å². The van der Waals surface area contributed by atoms with Crippen LogP contribution < -0.4 is 4.90 Å². The minimum absolute atomic E-state index is 0.0906. The van der Waals surface area contributed by atoms with Gasteiger partial charge in [-0.3, -0.25) is 9.69 Å². The molecule has 7 nitrogen and oxygen atoms in total. The number of fused-ring (bicyclic) bond motifs is 2. The predicted molar refractivity (Wildman–Crippen MR) is 114 cm³/mol. The van der Waals surface area contributed by atoms with E-state index in [9.17, 15) is 9.59 Å². The van der Waals surface area contributed by atoms with Crippen molar-refractivity contribution in [2.24, 2.45) is 0 Å². The molecule has 3 heterocycles. The molecule has 0 aliphatic carbocycles. The summed E-state index contributed by atoms with van der Waals surface area (Å²) in [5.41, 5.74) is 2.64. The molecule has 0 unspecified atom stereocenters. The van der Waals surface area contributed by atoms with Gasteiger partial charge in [0, 0.05) is 18.7 Å². The maximum Gasteiger partial charge on any atom is 0.410 e. The van der Waals surface area contributed by atoms with Crippen LogP contribution in [-0.2, 0) is 21.5 Å². The summed E-state index contributed by atoms with van der Waals surface area (Å²) < 4.78 is 5.45. The first-order valence-electron chi connectivity index (χ1n) is 9.90. The van der Waals surface area contributed by atoms with Crippen molar-refractivity contribution in [3.8, 4) is 0 Å². The molecule has 158 valence electrons. The molecule has 0 saturated carbocycles. The number of carbonyl (C=O) groups excluding carboxylic acids is 2.